The van der Waals surface area contributed by atoms with E-state index >= 15 is 0 Å². The standard InChI is InChI=1S/C11H7BrF3N3O2/c12-4-7-3-9(1-2-10(7)18(19)20)17-6-8(5-16-17)11(13,14)15/h1-3,5-6H,4H2. The van der Waals surface area contributed by atoms with E-state index in [2.05, 4.69) is 21.0 Å². The van der Waals surface area contributed by atoms with Crippen LogP contribution in [-0.2, 0) is 11.5 Å². The Hall–Kier alpha value is -1.90. The van der Waals surface area contributed by atoms with Gasteiger partial charge in [-0.15, -0.1) is 0 Å². The van der Waals surface area contributed by atoms with Crippen molar-refractivity contribution in [1.29, 1.82) is 0 Å². The number of nitro benzene ring substituents is 1. The topological polar surface area (TPSA) is 61.0 Å². The molecular formula is C11H7BrF3N3O2. The number of rotatable bonds is 3. The Labute approximate surface area is 119 Å². The van der Waals surface area contributed by atoms with Crippen molar-refractivity contribution in [3.05, 3.63) is 51.8 Å². The van der Waals surface area contributed by atoms with Gasteiger partial charge in [-0.05, 0) is 12.1 Å². The molecule has 0 amide bonds. The Kier molecular flexibility index (Phi) is 3.80. The van der Waals surface area contributed by atoms with Crippen LogP contribution in [0.2, 0.25) is 0 Å². The molecule has 0 radical (unpaired) electrons. The fourth-order valence-electron chi connectivity index (χ4n) is 1.61. The van der Waals surface area contributed by atoms with Crippen LogP contribution in [0.1, 0.15) is 11.1 Å². The molecule has 0 fully saturated rings. The van der Waals surface area contributed by atoms with Crippen molar-refractivity contribution in [1.82, 2.24) is 9.78 Å². The van der Waals surface area contributed by atoms with Crippen molar-refractivity contribution in [2.24, 2.45) is 0 Å². The number of nitro groups is 1. The fraction of sp³-hybridized carbons (Fsp3) is 0.182. The second-order valence-corrected chi connectivity index (χ2v) is 4.44. The molecule has 0 N–H and O–H groups in total. The summed E-state index contributed by atoms with van der Waals surface area (Å²) in [5, 5.41) is 14.6. The van der Waals surface area contributed by atoms with Gasteiger partial charge in [-0.2, -0.15) is 18.3 Å². The van der Waals surface area contributed by atoms with Gasteiger partial charge in [0.2, 0.25) is 0 Å². The molecular weight excluding hydrogens is 343 g/mol. The largest absolute Gasteiger partial charge is 0.419 e. The summed E-state index contributed by atoms with van der Waals surface area (Å²) >= 11 is 3.11. The quantitative estimate of drug-likeness (QED) is 0.482. The minimum Gasteiger partial charge on any atom is -0.258 e. The second-order valence-electron chi connectivity index (χ2n) is 3.88. The van der Waals surface area contributed by atoms with E-state index < -0.39 is 16.7 Å². The first-order valence-electron chi connectivity index (χ1n) is 5.28. The highest BCUT2D eigenvalue weighted by atomic mass is 79.9. The first-order valence-corrected chi connectivity index (χ1v) is 6.40. The Bertz CT molecular complexity index is 655. The molecule has 0 saturated carbocycles. The van der Waals surface area contributed by atoms with Gasteiger partial charge < -0.3 is 0 Å². The molecule has 1 aromatic heterocycles. The molecule has 0 aliphatic rings. The van der Waals surface area contributed by atoms with Crippen LogP contribution < -0.4 is 0 Å². The first-order chi connectivity index (χ1) is 9.32. The maximum Gasteiger partial charge on any atom is 0.419 e. The summed E-state index contributed by atoms with van der Waals surface area (Å²) in [6.07, 6.45) is -2.94. The maximum absolute atomic E-state index is 12.5. The second kappa shape index (κ2) is 5.23. The van der Waals surface area contributed by atoms with Crippen molar-refractivity contribution in [2.45, 2.75) is 11.5 Å². The molecule has 1 aromatic carbocycles. The van der Waals surface area contributed by atoms with Gasteiger partial charge in [-0.3, -0.25) is 10.1 Å². The molecule has 5 nitrogen and oxygen atoms in total. The van der Waals surface area contributed by atoms with Crippen LogP contribution in [0, 0.1) is 10.1 Å². The molecule has 0 aliphatic carbocycles. The molecule has 9 heteroatoms. The van der Waals surface area contributed by atoms with E-state index in [1.165, 1.54) is 18.2 Å². The molecule has 20 heavy (non-hydrogen) atoms. The lowest BCUT2D eigenvalue weighted by molar-refractivity contribution is -0.385. The molecule has 0 spiro atoms. The zero-order chi connectivity index (χ0) is 14.9. The molecule has 2 aromatic rings. The molecule has 0 atom stereocenters. The fourth-order valence-corrected chi connectivity index (χ4v) is 2.06. The molecule has 1 heterocycles. The Morgan fingerprint density at radius 1 is 1.40 bits per heavy atom. The number of hydrogen-bond donors (Lipinski definition) is 0. The number of benzene rings is 1. The van der Waals surface area contributed by atoms with E-state index in [-0.39, 0.29) is 11.0 Å². The van der Waals surface area contributed by atoms with Gasteiger partial charge in [0.1, 0.15) is 0 Å². The summed E-state index contributed by atoms with van der Waals surface area (Å²) in [6.45, 7) is 0. The van der Waals surface area contributed by atoms with Gasteiger partial charge in [0.05, 0.1) is 22.4 Å². The Morgan fingerprint density at radius 3 is 2.60 bits per heavy atom. The van der Waals surface area contributed by atoms with Crippen molar-refractivity contribution < 1.29 is 18.1 Å². The van der Waals surface area contributed by atoms with Crippen LogP contribution in [0.4, 0.5) is 18.9 Å². The lowest BCUT2D eigenvalue weighted by Gasteiger charge is -2.05. The van der Waals surface area contributed by atoms with Crippen LogP contribution in [-0.4, -0.2) is 14.7 Å². The van der Waals surface area contributed by atoms with E-state index in [4.69, 9.17) is 0 Å². The first kappa shape index (κ1) is 14.5. The number of hydrogen-bond acceptors (Lipinski definition) is 3. The Morgan fingerprint density at radius 2 is 2.10 bits per heavy atom. The summed E-state index contributed by atoms with van der Waals surface area (Å²) in [6, 6.07) is 4.00. The van der Waals surface area contributed by atoms with Crippen LogP contribution in [0.25, 0.3) is 5.69 Å². The Balaban J connectivity index is 2.43. The number of aromatic nitrogens is 2. The highest BCUT2D eigenvalue weighted by Crippen LogP contribution is 2.30. The molecule has 106 valence electrons. The highest BCUT2D eigenvalue weighted by molar-refractivity contribution is 9.08. The third kappa shape index (κ3) is 2.82. The molecule has 0 aliphatic heterocycles. The van der Waals surface area contributed by atoms with Gasteiger partial charge in [0.15, 0.2) is 0 Å². The lowest BCUT2D eigenvalue weighted by Crippen LogP contribution is -2.03. The molecule has 0 unspecified atom stereocenters. The zero-order valence-corrected chi connectivity index (χ0v) is 11.3. The van der Waals surface area contributed by atoms with Gasteiger partial charge in [-0.25, -0.2) is 4.68 Å². The third-order valence-corrected chi connectivity index (χ3v) is 3.18. The highest BCUT2D eigenvalue weighted by Gasteiger charge is 2.32. The van der Waals surface area contributed by atoms with Crippen LogP contribution in [0.5, 0.6) is 0 Å². The average molecular weight is 350 g/mol. The van der Waals surface area contributed by atoms with E-state index in [0.29, 0.717) is 17.4 Å². The average Bonchev–Trinajstić information content (AvgIpc) is 2.87. The normalized spacial score (nSPS) is 11.6. The van der Waals surface area contributed by atoms with Crippen molar-refractivity contribution in [3.8, 4) is 5.69 Å². The smallest absolute Gasteiger partial charge is 0.258 e. The molecule has 2 rings (SSSR count). The zero-order valence-electron chi connectivity index (χ0n) is 9.76. The van der Waals surface area contributed by atoms with Gasteiger partial charge >= 0.3 is 6.18 Å². The summed E-state index contributed by atoms with van der Waals surface area (Å²) in [7, 11) is 0. The molecule has 0 bridgehead atoms. The summed E-state index contributed by atoms with van der Waals surface area (Å²) < 4.78 is 38.5. The maximum atomic E-state index is 12.5. The van der Waals surface area contributed by atoms with Gasteiger partial charge in [0, 0.05) is 23.2 Å². The van der Waals surface area contributed by atoms with E-state index in [0.717, 1.165) is 10.9 Å². The predicted molar refractivity (Wildman–Crippen MR) is 67.9 cm³/mol. The van der Waals surface area contributed by atoms with E-state index in [1.54, 1.807) is 0 Å². The van der Waals surface area contributed by atoms with Crippen LogP contribution in [0.3, 0.4) is 0 Å². The third-order valence-electron chi connectivity index (χ3n) is 2.58. The van der Waals surface area contributed by atoms with Gasteiger partial charge in [0.25, 0.3) is 5.69 Å². The van der Waals surface area contributed by atoms with Gasteiger partial charge in [-0.1, -0.05) is 15.9 Å². The predicted octanol–water partition coefficient (Wildman–Crippen LogP) is 3.69. The number of halogens is 4. The SMILES string of the molecule is O=[N+]([O-])c1ccc(-n2cc(C(F)(F)F)cn2)cc1CBr. The summed E-state index contributed by atoms with van der Waals surface area (Å²) in [4.78, 5) is 10.2. The van der Waals surface area contributed by atoms with Crippen LogP contribution in [0.15, 0.2) is 30.6 Å². The van der Waals surface area contributed by atoms with E-state index in [1.807, 2.05) is 0 Å². The van der Waals surface area contributed by atoms with Crippen molar-refractivity contribution in [2.75, 3.05) is 0 Å². The van der Waals surface area contributed by atoms with E-state index in [9.17, 15) is 23.3 Å². The van der Waals surface area contributed by atoms with Crippen molar-refractivity contribution in [3.63, 3.8) is 0 Å². The minimum absolute atomic E-state index is 0.103. The minimum atomic E-state index is -4.47. The summed E-state index contributed by atoms with van der Waals surface area (Å²) in [5.74, 6) is 0. The number of nitrogens with zero attached hydrogens (tertiary/aromatic N) is 3. The molecule has 0 saturated heterocycles. The lowest BCUT2D eigenvalue weighted by atomic mass is 10.2. The summed E-state index contributed by atoms with van der Waals surface area (Å²) in [5.41, 5.74) is -0.304. The number of alkyl halides is 4. The monoisotopic (exact) mass is 349 g/mol. The van der Waals surface area contributed by atoms with Crippen LogP contribution >= 0.6 is 15.9 Å². The van der Waals surface area contributed by atoms with Crippen molar-refractivity contribution >= 4 is 21.6 Å².